The fourth-order valence-electron chi connectivity index (χ4n) is 1.42. The van der Waals surface area contributed by atoms with Gasteiger partial charge in [-0.3, -0.25) is 20.4 Å². The lowest BCUT2D eigenvalue weighted by molar-refractivity contribution is -0.117. The van der Waals surface area contributed by atoms with Crippen molar-refractivity contribution in [2.45, 2.75) is 0 Å². The standard InChI is InChI=1S/C14H10Cl2N2O3/c15-10-5-3-9(8-11(10)16)4-6-13(19)17-18-14(20)12-2-1-7-21-12/h1-8H,(H,17,19)(H,18,20)/b6-4+. The van der Waals surface area contributed by atoms with Crippen LogP contribution < -0.4 is 10.9 Å². The predicted octanol–water partition coefficient (Wildman–Crippen LogP) is 3.06. The Hall–Kier alpha value is -2.24. The molecule has 7 heteroatoms. The molecule has 1 aromatic heterocycles. The molecule has 0 aliphatic heterocycles. The van der Waals surface area contributed by atoms with Gasteiger partial charge in [0.25, 0.3) is 5.91 Å². The average molecular weight is 325 g/mol. The zero-order chi connectivity index (χ0) is 15.2. The Morgan fingerprint density at radius 2 is 1.90 bits per heavy atom. The van der Waals surface area contributed by atoms with Crippen LogP contribution in [-0.2, 0) is 4.79 Å². The lowest BCUT2D eigenvalue weighted by Gasteiger charge is -2.02. The summed E-state index contributed by atoms with van der Waals surface area (Å²) in [6, 6.07) is 8.00. The zero-order valence-corrected chi connectivity index (χ0v) is 12.1. The summed E-state index contributed by atoms with van der Waals surface area (Å²) in [7, 11) is 0. The summed E-state index contributed by atoms with van der Waals surface area (Å²) in [4.78, 5) is 23.0. The van der Waals surface area contributed by atoms with E-state index in [-0.39, 0.29) is 5.76 Å². The molecule has 0 saturated carbocycles. The first-order valence-corrected chi connectivity index (χ1v) is 6.59. The molecule has 1 heterocycles. The van der Waals surface area contributed by atoms with E-state index in [2.05, 4.69) is 10.9 Å². The van der Waals surface area contributed by atoms with E-state index in [9.17, 15) is 9.59 Å². The topological polar surface area (TPSA) is 71.3 Å². The molecule has 0 saturated heterocycles. The Morgan fingerprint density at radius 1 is 1.10 bits per heavy atom. The van der Waals surface area contributed by atoms with Gasteiger partial charge >= 0.3 is 5.91 Å². The Morgan fingerprint density at radius 3 is 2.57 bits per heavy atom. The van der Waals surface area contributed by atoms with Crippen molar-refractivity contribution in [2.24, 2.45) is 0 Å². The second-order valence-electron chi connectivity index (χ2n) is 3.93. The smallest absolute Gasteiger partial charge is 0.305 e. The van der Waals surface area contributed by atoms with Gasteiger partial charge in [-0.05, 0) is 35.9 Å². The molecular weight excluding hydrogens is 315 g/mol. The van der Waals surface area contributed by atoms with Gasteiger partial charge in [-0.1, -0.05) is 29.3 Å². The van der Waals surface area contributed by atoms with Crippen LogP contribution in [0, 0.1) is 0 Å². The first kappa shape index (κ1) is 15.2. The quantitative estimate of drug-likeness (QED) is 0.673. The molecule has 0 unspecified atom stereocenters. The van der Waals surface area contributed by atoms with Crippen LogP contribution in [0.3, 0.4) is 0 Å². The molecule has 0 aliphatic carbocycles. The third kappa shape index (κ3) is 4.37. The minimum Gasteiger partial charge on any atom is -0.459 e. The van der Waals surface area contributed by atoms with Crippen molar-refractivity contribution >= 4 is 41.1 Å². The van der Waals surface area contributed by atoms with Crippen LogP contribution in [0.1, 0.15) is 16.1 Å². The maximum Gasteiger partial charge on any atom is 0.305 e. The molecule has 0 fully saturated rings. The highest BCUT2D eigenvalue weighted by Gasteiger charge is 2.08. The van der Waals surface area contributed by atoms with Gasteiger partial charge in [0.2, 0.25) is 0 Å². The summed E-state index contributed by atoms with van der Waals surface area (Å²) < 4.78 is 4.87. The number of rotatable bonds is 3. The third-order valence-corrected chi connectivity index (χ3v) is 3.15. The van der Waals surface area contributed by atoms with E-state index < -0.39 is 11.8 Å². The third-order valence-electron chi connectivity index (χ3n) is 2.42. The van der Waals surface area contributed by atoms with Gasteiger partial charge in [-0.2, -0.15) is 0 Å². The van der Waals surface area contributed by atoms with E-state index in [1.165, 1.54) is 24.5 Å². The number of nitrogens with one attached hydrogen (secondary N) is 2. The number of benzene rings is 1. The highest BCUT2D eigenvalue weighted by molar-refractivity contribution is 6.42. The van der Waals surface area contributed by atoms with Gasteiger partial charge in [-0.25, -0.2) is 0 Å². The average Bonchev–Trinajstić information content (AvgIpc) is 3.00. The number of hydrogen-bond donors (Lipinski definition) is 2. The highest BCUT2D eigenvalue weighted by atomic mass is 35.5. The molecule has 0 atom stereocenters. The Bertz CT molecular complexity index is 682. The number of amides is 2. The fraction of sp³-hybridized carbons (Fsp3) is 0. The van der Waals surface area contributed by atoms with Crippen LogP contribution in [0.4, 0.5) is 0 Å². The largest absolute Gasteiger partial charge is 0.459 e. The summed E-state index contributed by atoms with van der Waals surface area (Å²) in [5.74, 6) is -0.943. The second kappa shape index (κ2) is 6.97. The molecule has 5 nitrogen and oxygen atoms in total. The van der Waals surface area contributed by atoms with Crippen LogP contribution in [0.2, 0.25) is 10.0 Å². The van der Waals surface area contributed by atoms with E-state index in [1.807, 2.05) is 0 Å². The molecule has 2 rings (SSSR count). The number of hydrogen-bond acceptors (Lipinski definition) is 3. The van der Waals surface area contributed by atoms with Crippen molar-refractivity contribution in [3.05, 3.63) is 64.0 Å². The van der Waals surface area contributed by atoms with Crippen LogP contribution in [-0.4, -0.2) is 11.8 Å². The van der Waals surface area contributed by atoms with Crippen LogP contribution in [0.5, 0.6) is 0 Å². The molecule has 2 amide bonds. The number of carbonyl (C=O) groups is 2. The minimum absolute atomic E-state index is 0.101. The molecular formula is C14H10Cl2N2O3. The fourth-order valence-corrected chi connectivity index (χ4v) is 1.72. The normalized spacial score (nSPS) is 10.6. The Labute approximate surface area is 130 Å². The van der Waals surface area contributed by atoms with E-state index in [1.54, 1.807) is 24.3 Å². The molecule has 108 valence electrons. The second-order valence-corrected chi connectivity index (χ2v) is 4.74. The van der Waals surface area contributed by atoms with E-state index in [0.717, 1.165) is 0 Å². The van der Waals surface area contributed by atoms with Crippen LogP contribution >= 0.6 is 23.2 Å². The number of furan rings is 1. The van der Waals surface area contributed by atoms with Gasteiger partial charge in [0, 0.05) is 6.08 Å². The lowest BCUT2D eigenvalue weighted by atomic mass is 10.2. The Kier molecular flexibility index (Phi) is 5.03. The van der Waals surface area contributed by atoms with E-state index in [0.29, 0.717) is 15.6 Å². The van der Waals surface area contributed by atoms with Gasteiger partial charge < -0.3 is 4.42 Å². The first-order valence-electron chi connectivity index (χ1n) is 5.83. The minimum atomic E-state index is -0.545. The van der Waals surface area contributed by atoms with Crippen LogP contribution in [0.25, 0.3) is 6.08 Å². The van der Waals surface area contributed by atoms with Crippen LogP contribution in [0.15, 0.2) is 47.1 Å². The summed E-state index contributed by atoms with van der Waals surface area (Å²) in [5, 5.41) is 0.828. The van der Waals surface area contributed by atoms with Crippen molar-refractivity contribution in [1.82, 2.24) is 10.9 Å². The molecule has 0 aliphatic rings. The van der Waals surface area contributed by atoms with Crippen molar-refractivity contribution in [3.8, 4) is 0 Å². The zero-order valence-electron chi connectivity index (χ0n) is 10.6. The SMILES string of the molecule is O=C(/C=C/c1ccc(Cl)c(Cl)c1)NNC(=O)c1ccco1. The summed E-state index contributed by atoms with van der Waals surface area (Å²) in [6.45, 7) is 0. The maximum atomic E-state index is 11.5. The van der Waals surface area contributed by atoms with Gasteiger partial charge in [0.15, 0.2) is 5.76 Å². The van der Waals surface area contributed by atoms with Gasteiger partial charge in [-0.15, -0.1) is 0 Å². The van der Waals surface area contributed by atoms with Crippen molar-refractivity contribution in [1.29, 1.82) is 0 Å². The molecule has 2 aromatic rings. The maximum absolute atomic E-state index is 11.5. The highest BCUT2D eigenvalue weighted by Crippen LogP contribution is 2.22. The lowest BCUT2D eigenvalue weighted by Crippen LogP contribution is -2.40. The van der Waals surface area contributed by atoms with Crippen molar-refractivity contribution < 1.29 is 14.0 Å². The van der Waals surface area contributed by atoms with E-state index >= 15 is 0 Å². The molecule has 0 radical (unpaired) electrons. The molecule has 0 bridgehead atoms. The molecule has 1 aromatic carbocycles. The molecule has 0 spiro atoms. The summed E-state index contributed by atoms with van der Waals surface area (Å²) in [6.07, 6.45) is 4.15. The summed E-state index contributed by atoms with van der Waals surface area (Å²) in [5.41, 5.74) is 5.14. The first-order chi connectivity index (χ1) is 10.1. The van der Waals surface area contributed by atoms with E-state index in [4.69, 9.17) is 27.6 Å². The number of carbonyl (C=O) groups excluding carboxylic acids is 2. The van der Waals surface area contributed by atoms with Crippen molar-refractivity contribution in [2.75, 3.05) is 0 Å². The van der Waals surface area contributed by atoms with Crippen molar-refractivity contribution in [3.63, 3.8) is 0 Å². The number of hydrazine groups is 1. The molecule has 21 heavy (non-hydrogen) atoms. The summed E-state index contributed by atoms with van der Waals surface area (Å²) >= 11 is 11.6. The Balaban J connectivity index is 1.88. The van der Waals surface area contributed by atoms with Gasteiger partial charge in [0.05, 0.1) is 16.3 Å². The van der Waals surface area contributed by atoms with Gasteiger partial charge in [0.1, 0.15) is 0 Å². The monoisotopic (exact) mass is 324 g/mol. The number of halogens is 2. The predicted molar refractivity (Wildman–Crippen MR) is 79.8 cm³/mol. The molecule has 2 N–H and O–H groups in total.